The van der Waals surface area contributed by atoms with Gasteiger partial charge < -0.3 is 26.4 Å². The van der Waals surface area contributed by atoms with Crippen LogP contribution in [0.5, 0.6) is 5.75 Å². The van der Waals surface area contributed by atoms with Crippen molar-refractivity contribution in [2.45, 2.75) is 39.2 Å². The summed E-state index contributed by atoms with van der Waals surface area (Å²) >= 11 is 0. The molecule has 12 heteroatoms. The molecule has 4 aromatic rings. The molecule has 0 radical (unpaired) electrons. The number of nitrogens with two attached hydrogens (primary N) is 1. The van der Waals surface area contributed by atoms with E-state index in [1.165, 1.54) is 31.6 Å². The lowest BCUT2D eigenvalue weighted by Crippen LogP contribution is -2.43. The molecule has 2 amide bonds. The Morgan fingerprint density at radius 2 is 1.85 bits per heavy atom. The predicted octanol–water partition coefficient (Wildman–Crippen LogP) is 3.96. The molecule has 0 unspecified atom stereocenters. The zero-order valence-electron chi connectivity index (χ0n) is 23.1. The van der Waals surface area contributed by atoms with E-state index >= 15 is 0 Å². The van der Waals surface area contributed by atoms with Crippen LogP contribution in [0.25, 0.3) is 16.9 Å². The molecule has 2 aromatic carbocycles. The van der Waals surface area contributed by atoms with Crippen LogP contribution in [0.3, 0.4) is 0 Å². The molecule has 0 aliphatic rings. The summed E-state index contributed by atoms with van der Waals surface area (Å²) < 4.78 is 35.6. The fraction of sp³-hybridized carbons (Fsp3) is 0.310. The average Bonchev–Trinajstić information content (AvgIpc) is 3.41. The minimum absolute atomic E-state index is 0.0277. The van der Waals surface area contributed by atoms with E-state index in [1.54, 1.807) is 22.7 Å². The van der Waals surface area contributed by atoms with Crippen LogP contribution in [0.15, 0.2) is 48.9 Å². The van der Waals surface area contributed by atoms with E-state index in [-0.39, 0.29) is 36.2 Å². The van der Waals surface area contributed by atoms with E-state index in [1.807, 2.05) is 19.9 Å². The monoisotopic (exact) mass is 565 g/mol. The van der Waals surface area contributed by atoms with Gasteiger partial charge in [-0.25, -0.2) is 14.4 Å². The Bertz CT molecular complexity index is 1560. The number of hydrogen-bond donors (Lipinski definition) is 4. The Balaban J connectivity index is 1.48. The lowest BCUT2D eigenvalue weighted by molar-refractivity contribution is -0.122. The minimum atomic E-state index is -1.08. The van der Waals surface area contributed by atoms with Crippen LogP contribution >= 0.6 is 0 Å². The molecular formula is C29H33F2N7O3. The highest BCUT2D eigenvalue weighted by Crippen LogP contribution is 2.31. The van der Waals surface area contributed by atoms with Crippen LogP contribution in [-0.2, 0) is 11.2 Å². The number of amides is 2. The highest BCUT2D eigenvalue weighted by atomic mass is 19.2. The molecule has 0 aliphatic carbocycles. The lowest BCUT2D eigenvalue weighted by Gasteiger charge is -2.14. The maximum absolute atomic E-state index is 14.8. The SMILES string of the molecule is CCC[C@H](N)C(=O)NCCNC(=O)c1ccc(Nc2nccn3c(-c4ccc(OC)c(F)c4F)cnc23)cc1CC. The van der Waals surface area contributed by atoms with E-state index in [0.29, 0.717) is 41.3 Å². The van der Waals surface area contributed by atoms with Gasteiger partial charge >= 0.3 is 0 Å². The van der Waals surface area contributed by atoms with Gasteiger partial charge in [0.1, 0.15) is 0 Å². The third-order valence-corrected chi connectivity index (χ3v) is 6.61. The van der Waals surface area contributed by atoms with Crippen molar-refractivity contribution in [3.63, 3.8) is 0 Å². The van der Waals surface area contributed by atoms with Crippen molar-refractivity contribution in [3.8, 4) is 17.0 Å². The molecule has 2 heterocycles. The van der Waals surface area contributed by atoms with Crippen LogP contribution in [0.1, 0.15) is 42.6 Å². The van der Waals surface area contributed by atoms with Crippen LogP contribution in [-0.4, -0.2) is 52.4 Å². The summed E-state index contributed by atoms with van der Waals surface area (Å²) in [5.41, 5.74) is 8.55. The standard InChI is InChI=1S/C29H33F2N7O3/c1-4-6-21(32)29(40)35-12-11-34-28(39)19-8-7-18(15-17(19)5-2)37-26-27-36-16-22(38(27)14-13-33-26)20-9-10-23(41-3)25(31)24(20)30/h7-10,13-16,21H,4-6,11-12,32H2,1-3H3,(H,33,37)(H,34,39)(H,35,40)/t21-/m0/s1. The second kappa shape index (κ2) is 13.2. The van der Waals surface area contributed by atoms with Gasteiger partial charge in [0.05, 0.1) is 25.0 Å². The summed E-state index contributed by atoms with van der Waals surface area (Å²) in [7, 11) is 1.27. The molecule has 5 N–H and O–H groups in total. The smallest absolute Gasteiger partial charge is 0.251 e. The highest BCUT2D eigenvalue weighted by Gasteiger charge is 2.19. The Morgan fingerprint density at radius 3 is 2.59 bits per heavy atom. The molecule has 41 heavy (non-hydrogen) atoms. The van der Waals surface area contributed by atoms with E-state index in [2.05, 4.69) is 25.9 Å². The molecule has 0 aliphatic heterocycles. The molecule has 216 valence electrons. The third-order valence-electron chi connectivity index (χ3n) is 6.61. The van der Waals surface area contributed by atoms with Crippen molar-refractivity contribution in [1.82, 2.24) is 25.0 Å². The van der Waals surface area contributed by atoms with Crippen LogP contribution in [0, 0.1) is 11.6 Å². The normalized spacial score (nSPS) is 11.8. The molecular weight excluding hydrogens is 532 g/mol. The van der Waals surface area contributed by atoms with Crippen molar-refractivity contribution in [1.29, 1.82) is 0 Å². The second-order valence-electron chi connectivity index (χ2n) is 9.35. The number of halogens is 2. The molecule has 0 spiro atoms. The number of fused-ring (bicyclic) bond motifs is 1. The van der Waals surface area contributed by atoms with Gasteiger partial charge in [-0.2, -0.15) is 4.39 Å². The highest BCUT2D eigenvalue weighted by molar-refractivity contribution is 5.96. The molecule has 0 saturated carbocycles. The zero-order valence-corrected chi connectivity index (χ0v) is 23.1. The van der Waals surface area contributed by atoms with Gasteiger partial charge in [0.15, 0.2) is 23.0 Å². The fourth-order valence-corrected chi connectivity index (χ4v) is 4.45. The van der Waals surface area contributed by atoms with Gasteiger partial charge in [0.25, 0.3) is 5.91 Å². The van der Waals surface area contributed by atoms with Crippen molar-refractivity contribution in [3.05, 3.63) is 71.7 Å². The number of methoxy groups -OCH3 is 1. The zero-order chi connectivity index (χ0) is 29.5. The Morgan fingerprint density at radius 1 is 1.07 bits per heavy atom. The second-order valence-corrected chi connectivity index (χ2v) is 9.35. The number of aryl methyl sites for hydroxylation is 1. The molecule has 1 atom stereocenters. The summed E-state index contributed by atoms with van der Waals surface area (Å²) in [6.45, 7) is 4.43. The molecule has 0 bridgehead atoms. The van der Waals surface area contributed by atoms with Crippen LogP contribution < -0.4 is 26.4 Å². The Kier molecular flexibility index (Phi) is 9.45. The van der Waals surface area contributed by atoms with Crippen LogP contribution in [0.4, 0.5) is 20.3 Å². The van der Waals surface area contributed by atoms with Crippen molar-refractivity contribution >= 4 is 29.0 Å². The van der Waals surface area contributed by atoms with E-state index in [4.69, 9.17) is 10.5 Å². The summed E-state index contributed by atoms with van der Waals surface area (Å²) in [5, 5.41) is 8.76. The number of rotatable bonds is 12. The number of aromatic nitrogens is 3. The van der Waals surface area contributed by atoms with E-state index in [0.717, 1.165) is 12.0 Å². The number of hydrogen-bond acceptors (Lipinski definition) is 7. The first-order valence-electron chi connectivity index (χ1n) is 13.3. The number of ether oxygens (including phenoxy) is 1. The van der Waals surface area contributed by atoms with Gasteiger partial charge in [0.2, 0.25) is 11.7 Å². The number of nitrogens with one attached hydrogen (secondary N) is 3. The number of nitrogens with zero attached hydrogens (tertiary/aromatic N) is 3. The largest absolute Gasteiger partial charge is 0.494 e. The maximum atomic E-state index is 14.8. The van der Waals surface area contributed by atoms with E-state index in [9.17, 15) is 18.4 Å². The molecule has 0 fully saturated rings. The molecule has 4 rings (SSSR count). The molecule has 0 saturated heterocycles. The Labute approximate surface area is 236 Å². The number of imidazole rings is 1. The first-order valence-corrected chi connectivity index (χ1v) is 13.3. The summed E-state index contributed by atoms with van der Waals surface area (Å²) in [6.07, 6.45) is 6.58. The van der Waals surface area contributed by atoms with Crippen molar-refractivity contribution in [2.75, 3.05) is 25.5 Å². The minimum Gasteiger partial charge on any atom is -0.494 e. The van der Waals surface area contributed by atoms with E-state index < -0.39 is 17.7 Å². The quantitative estimate of drug-likeness (QED) is 0.191. The first kappa shape index (κ1) is 29.4. The fourth-order valence-electron chi connectivity index (χ4n) is 4.45. The number of anilines is 2. The van der Waals surface area contributed by atoms with Gasteiger partial charge in [-0.3, -0.25) is 14.0 Å². The van der Waals surface area contributed by atoms with Gasteiger partial charge in [-0.1, -0.05) is 20.3 Å². The predicted molar refractivity (Wildman–Crippen MR) is 152 cm³/mol. The lowest BCUT2D eigenvalue weighted by atomic mass is 10.0. The van der Waals surface area contributed by atoms with Crippen molar-refractivity contribution in [2.24, 2.45) is 5.73 Å². The van der Waals surface area contributed by atoms with Gasteiger partial charge in [0, 0.05) is 42.3 Å². The van der Waals surface area contributed by atoms with Crippen LogP contribution in [0.2, 0.25) is 0 Å². The number of carbonyl (C=O) groups excluding carboxylic acids is 2. The maximum Gasteiger partial charge on any atom is 0.251 e. The molecule has 2 aromatic heterocycles. The Hall–Kier alpha value is -4.58. The summed E-state index contributed by atoms with van der Waals surface area (Å²) in [5.74, 6) is -2.41. The number of benzene rings is 2. The van der Waals surface area contributed by atoms with Gasteiger partial charge in [-0.05, 0) is 48.7 Å². The summed E-state index contributed by atoms with van der Waals surface area (Å²) in [6, 6.07) is 7.53. The summed E-state index contributed by atoms with van der Waals surface area (Å²) in [4.78, 5) is 33.5. The van der Waals surface area contributed by atoms with Crippen molar-refractivity contribution < 1.29 is 23.1 Å². The first-order chi connectivity index (χ1) is 19.8. The third kappa shape index (κ3) is 6.43. The topological polar surface area (TPSA) is 136 Å². The van der Waals surface area contributed by atoms with Gasteiger partial charge in [-0.15, -0.1) is 0 Å². The average molecular weight is 566 g/mol. The molecule has 10 nitrogen and oxygen atoms in total. The number of carbonyl (C=O) groups is 2.